The third kappa shape index (κ3) is 3.05. The van der Waals surface area contributed by atoms with E-state index in [0.29, 0.717) is 17.2 Å². The van der Waals surface area contributed by atoms with Crippen LogP contribution in [0, 0.1) is 13.8 Å². The van der Waals surface area contributed by atoms with E-state index in [1.807, 2.05) is 13.8 Å². The highest BCUT2D eigenvalue weighted by Crippen LogP contribution is 2.24. The first-order valence-corrected chi connectivity index (χ1v) is 8.54. The van der Waals surface area contributed by atoms with Gasteiger partial charge in [-0.25, -0.2) is 9.97 Å². The summed E-state index contributed by atoms with van der Waals surface area (Å²) in [6.45, 7) is 5.67. The van der Waals surface area contributed by atoms with E-state index in [4.69, 9.17) is 8.94 Å². The number of furan rings is 1. The number of aromatic nitrogens is 3. The van der Waals surface area contributed by atoms with Crippen LogP contribution in [0.4, 0.5) is 11.6 Å². The third-order valence-corrected chi connectivity index (χ3v) is 4.39. The molecule has 0 atom stereocenters. The van der Waals surface area contributed by atoms with Crippen molar-refractivity contribution in [1.82, 2.24) is 15.1 Å². The number of hydrogen-bond acceptors (Lipinski definition) is 7. The Bertz CT molecular complexity index is 903. The molecule has 0 bridgehead atoms. The molecule has 8 heteroatoms. The molecule has 0 spiro atoms. The van der Waals surface area contributed by atoms with Gasteiger partial charge in [-0.15, -0.1) is 0 Å². The molecular weight excluding hydrogens is 334 g/mol. The molecule has 1 fully saturated rings. The molecule has 1 N–H and O–H groups in total. The number of anilines is 2. The van der Waals surface area contributed by atoms with Crippen LogP contribution in [0.15, 0.2) is 33.4 Å². The van der Waals surface area contributed by atoms with Crippen LogP contribution in [0.3, 0.4) is 0 Å². The Kier molecular flexibility index (Phi) is 4.16. The summed E-state index contributed by atoms with van der Waals surface area (Å²) in [7, 11) is 0. The number of carbonyl (C=O) groups excluding carboxylic acids is 1. The van der Waals surface area contributed by atoms with Gasteiger partial charge in [-0.1, -0.05) is 5.16 Å². The van der Waals surface area contributed by atoms with Gasteiger partial charge in [0.2, 0.25) is 11.7 Å². The van der Waals surface area contributed by atoms with E-state index in [1.54, 1.807) is 12.1 Å². The van der Waals surface area contributed by atoms with Crippen molar-refractivity contribution in [2.75, 3.05) is 23.3 Å². The van der Waals surface area contributed by atoms with Crippen LogP contribution in [0.5, 0.6) is 0 Å². The lowest BCUT2D eigenvalue weighted by Gasteiger charge is -2.18. The van der Waals surface area contributed by atoms with Crippen LogP contribution in [0.2, 0.25) is 0 Å². The minimum atomic E-state index is -0.379. The lowest BCUT2D eigenvalue weighted by Crippen LogP contribution is -2.22. The van der Waals surface area contributed by atoms with Gasteiger partial charge in [-0.2, -0.15) is 0 Å². The quantitative estimate of drug-likeness (QED) is 0.769. The second-order valence-corrected chi connectivity index (χ2v) is 6.27. The van der Waals surface area contributed by atoms with Crippen LogP contribution in [0.25, 0.3) is 11.5 Å². The SMILES string of the molecule is Cc1nc(N2CCCC2)nc(C)c1NC(=O)c1cc(-c2ccco2)on1. The molecule has 26 heavy (non-hydrogen) atoms. The van der Waals surface area contributed by atoms with Crippen molar-refractivity contribution >= 4 is 17.5 Å². The minimum absolute atomic E-state index is 0.166. The third-order valence-electron chi connectivity index (χ3n) is 4.39. The Morgan fingerprint density at radius 3 is 2.54 bits per heavy atom. The predicted molar refractivity (Wildman–Crippen MR) is 95.1 cm³/mol. The normalized spacial score (nSPS) is 14.0. The fourth-order valence-corrected chi connectivity index (χ4v) is 3.03. The topological polar surface area (TPSA) is 97.3 Å². The van der Waals surface area contributed by atoms with Gasteiger partial charge >= 0.3 is 0 Å². The Balaban J connectivity index is 1.54. The summed E-state index contributed by atoms with van der Waals surface area (Å²) in [5.41, 5.74) is 2.21. The van der Waals surface area contributed by atoms with Gasteiger partial charge in [-0.3, -0.25) is 4.79 Å². The van der Waals surface area contributed by atoms with Crippen LogP contribution in [-0.2, 0) is 0 Å². The molecule has 1 saturated heterocycles. The fourth-order valence-electron chi connectivity index (χ4n) is 3.03. The van der Waals surface area contributed by atoms with Crippen molar-refractivity contribution in [2.45, 2.75) is 26.7 Å². The Hall–Kier alpha value is -3.16. The first-order chi connectivity index (χ1) is 12.6. The maximum Gasteiger partial charge on any atom is 0.277 e. The van der Waals surface area contributed by atoms with Crippen molar-refractivity contribution < 1.29 is 13.7 Å². The maximum absolute atomic E-state index is 12.5. The minimum Gasteiger partial charge on any atom is -0.461 e. The van der Waals surface area contributed by atoms with Gasteiger partial charge in [0.05, 0.1) is 23.3 Å². The molecule has 0 unspecified atom stereocenters. The lowest BCUT2D eigenvalue weighted by molar-refractivity contribution is 0.101. The van der Waals surface area contributed by atoms with Gasteiger partial charge in [0.25, 0.3) is 5.91 Å². The number of carbonyl (C=O) groups is 1. The highest BCUT2D eigenvalue weighted by molar-refractivity contribution is 6.03. The molecule has 4 rings (SSSR count). The first kappa shape index (κ1) is 16.3. The van der Waals surface area contributed by atoms with Crippen molar-refractivity contribution in [3.8, 4) is 11.5 Å². The highest BCUT2D eigenvalue weighted by Gasteiger charge is 2.20. The van der Waals surface area contributed by atoms with E-state index in [2.05, 4.69) is 25.3 Å². The van der Waals surface area contributed by atoms with Crippen molar-refractivity contribution in [3.63, 3.8) is 0 Å². The Morgan fingerprint density at radius 1 is 1.15 bits per heavy atom. The maximum atomic E-state index is 12.5. The summed E-state index contributed by atoms with van der Waals surface area (Å²) in [4.78, 5) is 23.8. The van der Waals surface area contributed by atoms with Gasteiger partial charge in [-0.05, 0) is 38.8 Å². The smallest absolute Gasteiger partial charge is 0.277 e. The van der Waals surface area contributed by atoms with E-state index < -0.39 is 0 Å². The van der Waals surface area contributed by atoms with E-state index in [-0.39, 0.29) is 11.6 Å². The molecule has 134 valence electrons. The fraction of sp³-hybridized carbons (Fsp3) is 0.333. The second-order valence-electron chi connectivity index (χ2n) is 6.27. The molecule has 1 aliphatic heterocycles. The second kappa shape index (κ2) is 6.62. The summed E-state index contributed by atoms with van der Waals surface area (Å²) in [6.07, 6.45) is 3.85. The van der Waals surface area contributed by atoms with Gasteiger partial charge in [0.1, 0.15) is 0 Å². The van der Waals surface area contributed by atoms with Crippen molar-refractivity contribution in [3.05, 3.63) is 41.5 Å². The molecule has 1 aliphatic rings. The predicted octanol–water partition coefficient (Wildman–Crippen LogP) is 3.19. The highest BCUT2D eigenvalue weighted by atomic mass is 16.5. The molecule has 3 aromatic rings. The van der Waals surface area contributed by atoms with E-state index in [1.165, 1.54) is 12.3 Å². The standard InChI is InChI=1S/C18H19N5O3/c1-11-16(12(2)20-18(19-11)23-7-3-4-8-23)21-17(24)13-10-15(26-22-13)14-6-5-9-25-14/h5-6,9-10H,3-4,7-8H2,1-2H3,(H,21,24). The molecule has 0 aliphatic carbocycles. The largest absolute Gasteiger partial charge is 0.461 e. The van der Waals surface area contributed by atoms with E-state index in [9.17, 15) is 4.79 Å². The van der Waals surface area contributed by atoms with Crippen molar-refractivity contribution in [1.29, 1.82) is 0 Å². The molecule has 0 saturated carbocycles. The van der Waals surface area contributed by atoms with Gasteiger partial charge < -0.3 is 19.2 Å². The summed E-state index contributed by atoms with van der Waals surface area (Å²) >= 11 is 0. The summed E-state index contributed by atoms with van der Waals surface area (Å²) in [5, 5.41) is 6.65. The first-order valence-electron chi connectivity index (χ1n) is 8.54. The molecule has 3 aromatic heterocycles. The molecule has 0 aromatic carbocycles. The number of rotatable bonds is 4. The average molecular weight is 353 g/mol. The van der Waals surface area contributed by atoms with E-state index >= 15 is 0 Å². The number of aryl methyl sites for hydroxylation is 2. The Labute approximate surface area is 150 Å². The van der Waals surface area contributed by atoms with Crippen LogP contribution >= 0.6 is 0 Å². The zero-order chi connectivity index (χ0) is 18.1. The Morgan fingerprint density at radius 2 is 1.88 bits per heavy atom. The van der Waals surface area contributed by atoms with Crippen LogP contribution in [-0.4, -0.2) is 34.1 Å². The monoisotopic (exact) mass is 353 g/mol. The molecule has 1 amide bonds. The summed E-state index contributed by atoms with van der Waals surface area (Å²) < 4.78 is 10.4. The number of amides is 1. The summed E-state index contributed by atoms with van der Waals surface area (Å²) in [6, 6.07) is 5.02. The average Bonchev–Trinajstić information content (AvgIpc) is 3.39. The number of hydrogen-bond donors (Lipinski definition) is 1. The molecule has 4 heterocycles. The zero-order valence-electron chi connectivity index (χ0n) is 14.7. The lowest BCUT2D eigenvalue weighted by atomic mass is 10.2. The number of nitrogens with zero attached hydrogens (tertiary/aromatic N) is 4. The zero-order valence-corrected chi connectivity index (χ0v) is 14.7. The van der Waals surface area contributed by atoms with Crippen LogP contribution in [0.1, 0.15) is 34.7 Å². The molecule has 8 nitrogen and oxygen atoms in total. The van der Waals surface area contributed by atoms with E-state index in [0.717, 1.165) is 43.3 Å². The van der Waals surface area contributed by atoms with Gasteiger partial charge in [0, 0.05) is 19.2 Å². The molecule has 0 radical (unpaired) electrons. The van der Waals surface area contributed by atoms with Gasteiger partial charge in [0.15, 0.2) is 11.5 Å². The van der Waals surface area contributed by atoms with Crippen LogP contribution < -0.4 is 10.2 Å². The molecular formula is C18H19N5O3. The number of nitrogens with one attached hydrogen (secondary N) is 1. The van der Waals surface area contributed by atoms with Crippen molar-refractivity contribution in [2.24, 2.45) is 0 Å². The summed E-state index contributed by atoms with van der Waals surface area (Å²) in [5.74, 6) is 1.25.